The number of nitrogens with zero attached hydrogens (tertiary/aromatic N) is 3. The van der Waals surface area contributed by atoms with E-state index >= 15 is 0 Å². The molecule has 0 spiro atoms. The molecule has 4 nitrogen and oxygen atoms in total. The first-order chi connectivity index (χ1) is 12.4. The number of aromatic nitrogens is 1. The molecule has 1 aliphatic heterocycles. The minimum Gasteiger partial charge on any atom is -0.345 e. The molecule has 138 valence electrons. The van der Waals surface area contributed by atoms with Crippen LogP contribution >= 0.6 is 11.3 Å². The molecule has 2 aliphatic rings. The molecule has 2 unspecified atom stereocenters. The summed E-state index contributed by atoms with van der Waals surface area (Å²) in [6, 6.07) is 5.20. The summed E-state index contributed by atoms with van der Waals surface area (Å²) in [5, 5.41) is 2.91. The third kappa shape index (κ3) is 3.42. The summed E-state index contributed by atoms with van der Waals surface area (Å²) in [5.41, 5.74) is 0.167. The number of hydrogen-bond donors (Lipinski definition) is 0. The first kappa shape index (κ1) is 17.3. The number of carbonyl (C=O) groups excluding carboxylic acids is 1. The van der Waals surface area contributed by atoms with Gasteiger partial charge in [-0.1, -0.05) is 12.1 Å². The van der Waals surface area contributed by atoms with Crippen LogP contribution in [0.25, 0.3) is 0 Å². The van der Waals surface area contributed by atoms with E-state index in [4.69, 9.17) is 0 Å². The van der Waals surface area contributed by atoms with Crippen molar-refractivity contribution in [2.24, 2.45) is 5.92 Å². The lowest BCUT2D eigenvalue weighted by atomic mass is 10.1. The molecule has 1 aliphatic carbocycles. The summed E-state index contributed by atoms with van der Waals surface area (Å²) in [6.45, 7) is 2.84. The number of benzene rings is 1. The first-order valence-corrected chi connectivity index (χ1v) is 9.42. The molecule has 2 fully saturated rings. The maximum atomic E-state index is 12.7. The third-order valence-corrected chi connectivity index (χ3v) is 5.89. The zero-order valence-corrected chi connectivity index (χ0v) is 14.8. The van der Waals surface area contributed by atoms with Gasteiger partial charge in [-0.05, 0) is 30.0 Å². The zero-order valence-electron chi connectivity index (χ0n) is 13.9. The maximum Gasteiger partial charge on any atom is 0.416 e. The number of amides is 1. The van der Waals surface area contributed by atoms with Gasteiger partial charge in [-0.3, -0.25) is 4.79 Å². The third-order valence-electron chi connectivity index (χ3n) is 5.05. The van der Waals surface area contributed by atoms with Crippen molar-refractivity contribution in [3.63, 3.8) is 0 Å². The topological polar surface area (TPSA) is 36.4 Å². The Morgan fingerprint density at radius 2 is 1.81 bits per heavy atom. The van der Waals surface area contributed by atoms with Crippen molar-refractivity contribution in [3.05, 3.63) is 47.0 Å². The van der Waals surface area contributed by atoms with E-state index in [2.05, 4.69) is 9.88 Å². The maximum absolute atomic E-state index is 12.7. The number of hydrogen-bond acceptors (Lipinski definition) is 4. The Hall–Kier alpha value is -2.09. The van der Waals surface area contributed by atoms with E-state index < -0.39 is 11.7 Å². The van der Waals surface area contributed by atoms with Crippen LogP contribution in [0.15, 0.2) is 35.8 Å². The summed E-state index contributed by atoms with van der Waals surface area (Å²) in [6.07, 6.45) is -1.83. The highest BCUT2D eigenvalue weighted by atomic mass is 32.1. The molecule has 2 atom stereocenters. The highest BCUT2D eigenvalue weighted by molar-refractivity contribution is 7.13. The molecule has 2 aromatic rings. The minimum atomic E-state index is -4.33. The monoisotopic (exact) mass is 381 g/mol. The highest BCUT2D eigenvalue weighted by Crippen LogP contribution is 2.49. The second kappa shape index (κ2) is 6.57. The van der Waals surface area contributed by atoms with Crippen LogP contribution in [0, 0.1) is 5.92 Å². The summed E-state index contributed by atoms with van der Waals surface area (Å²) in [4.78, 5) is 21.0. The van der Waals surface area contributed by atoms with Gasteiger partial charge < -0.3 is 9.80 Å². The summed E-state index contributed by atoms with van der Waals surface area (Å²) < 4.78 is 37.9. The van der Waals surface area contributed by atoms with Gasteiger partial charge in [-0.2, -0.15) is 13.2 Å². The lowest BCUT2D eigenvalue weighted by Crippen LogP contribution is -2.49. The number of anilines is 1. The van der Waals surface area contributed by atoms with Gasteiger partial charge in [-0.15, -0.1) is 11.3 Å². The quantitative estimate of drug-likeness (QED) is 0.815. The molecule has 1 saturated heterocycles. The SMILES string of the molecule is O=C(C1CC1c1ccc(C(F)(F)F)cc1)N1CCN(c2nccs2)CC1. The van der Waals surface area contributed by atoms with E-state index in [9.17, 15) is 18.0 Å². The minimum absolute atomic E-state index is 0.0433. The molecule has 0 bridgehead atoms. The number of alkyl halides is 3. The van der Waals surface area contributed by atoms with Gasteiger partial charge in [0.25, 0.3) is 0 Å². The molecule has 2 heterocycles. The van der Waals surface area contributed by atoms with Crippen molar-refractivity contribution in [3.8, 4) is 0 Å². The van der Waals surface area contributed by atoms with Gasteiger partial charge in [0.1, 0.15) is 0 Å². The van der Waals surface area contributed by atoms with Crippen LogP contribution in [0.2, 0.25) is 0 Å². The van der Waals surface area contributed by atoms with Gasteiger partial charge in [0.2, 0.25) is 5.91 Å². The average molecular weight is 381 g/mol. The van der Waals surface area contributed by atoms with E-state index in [0.29, 0.717) is 13.1 Å². The predicted octanol–water partition coefficient (Wildman–Crippen LogP) is 3.61. The normalized spacial score (nSPS) is 23.2. The van der Waals surface area contributed by atoms with Crippen LogP contribution in [0.4, 0.5) is 18.3 Å². The Bertz CT molecular complexity index is 768. The summed E-state index contributed by atoms with van der Waals surface area (Å²) >= 11 is 1.59. The smallest absolute Gasteiger partial charge is 0.345 e. The fourth-order valence-corrected chi connectivity index (χ4v) is 4.18. The molecule has 1 aromatic carbocycles. The summed E-state index contributed by atoms with van der Waals surface area (Å²) in [7, 11) is 0. The second-order valence-corrected chi connectivity index (χ2v) is 7.57. The standard InChI is InChI=1S/C18H18F3N3OS/c19-18(20,21)13-3-1-12(2-4-13)14-11-15(14)16(25)23-6-8-24(9-7-23)17-22-5-10-26-17/h1-5,10,14-15H,6-9,11H2. The highest BCUT2D eigenvalue weighted by Gasteiger charge is 2.46. The van der Waals surface area contributed by atoms with Crippen LogP contribution in [-0.4, -0.2) is 42.0 Å². The molecular formula is C18H18F3N3OS. The Morgan fingerprint density at radius 3 is 2.38 bits per heavy atom. The van der Waals surface area contributed by atoms with Crippen molar-refractivity contribution in [1.82, 2.24) is 9.88 Å². The zero-order chi connectivity index (χ0) is 18.3. The Morgan fingerprint density at radius 1 is 1.12 bits per heavy atom. The molecule has 1 aromatic heterocycles. The van der Waals surface area contributed by atoms with E-state index in [-0.39, 0.29) is 17.7 Å². The van der Waals surface area contributed by atoms with Gasteiger partial charge in [-0.25, -0.2) is 4.98 Å². The van der Waals surface area contributed by atoms with Crippen molar-refractivity contribution in [2.75, 3.05) is 31.1 Å². The molecule has 0 N–H and O–H groups in total. The van der Waals surface area contributed by atoms with Gasteiger partial charge in [0, 0.05) is 43.7 Å². The lowest BCUT2D eigenvalue weighted by molar-refractivity contribution is -0.137. The molecule has 1 saturated carbocycles. The van der Waals surface area contributed by atoms with Crippen molar-refractivity contribution < 1.29 is 18.0 Å². The lowest BCUT2D eigenvalue weighted by Gasteiger charge is -2.34. The van der Waals surface area contributed by atoms with Gasteiger partial charge >= 0.3 is 6.18 Å². The van der Waals surface area contributed by atoms with Crippen molar-refractivity contribution in [1.29, 1.82) is 0 Å². The molecule has 1 amide bonds. The van der Waals surface area contributed by atoms with Gasteiger partial charge in [0.05, 0.1) is 5.56 Å². The van der Waals surface area contributed by atoms with E-state index in [0.717, 1.165) is 42.3 Å². The molecular weight excluding hydrogens is 363 g/mol. The van der Waals surface area contributed by atoms with E-state index in [1.165, 1.54) is 12.1 Å². The molecule has 0 radical (unpaired) electrons. The van der Waals surface area contributed by atoms with Crippen molar-refractivity contribution in [2.45, 2.75) is 18.5 Å². The fraction of sp³-hybridized carbons (Fsp3) is 0.444. The number of thiazole rings is 1. The number of rotatable bonds is 3. The molecule has 8 heteroatoms. The van der Waals surface area contributed by atoms with Crippen LogP contribution < -0.4 is 4.90 Å². The number of halogens is 3. The van der Waals surface area contributed by atoms with Crippen LogP contribution in [0.3, 0.4) is 0 Å². The van der Waals surface area contributed by atoms with Crippen LogP contribution in [-0.2, 0) is 11.0 Å². The fourth-order valence-electron chi connectivity index (χ4n) is 3.48. The Kier molecular flexibility index (Phi) is 4.38. The molecule has 4 rings (SSSR count). The second-order valence-electron chi connectivity index (χ2n) is 6.70. The van der Waals surface area contributed by atoms with Crippen molar-refractivity contribution >= 4 is 22.4 Å². The largest absolute Gasteiger partial charge is 0.416 e. The number of carbonyl (C=O) groups is 1. The number of piperazine rings is 1. The first-order valence-electron chi connectivity index (χ1n) is 8.54. The summed E-state index contributed by atoms with van der Waals surface area (Å²) in [5.74, 6) is 0.0635. The van der Waals surface area contributed by atoms with Crippen LogP contribution in [0.1, 0.15) is 23.5 Å². The van der Waals surface area contributed by atoms with E-state index in [1.807, 2.05) is 10.3 Å². The predicted molar refractivity (Wildman–Crippen MR) is 93.2 cm³/mol. The average Bonchev–Trinajstić information content (AvgIpc) is 3.25. The Labute approximate surface area is 153 Å². The Balaban J connectivity index is 1.33. The van der Waals surface area contributed by atoms with Gasteiger partial charge in [0.15, 0.2) is 5.13 Å². The molecule has 26 heavy (non-hydrogen) atoms. The van der Waals surface area contributed by atoms with E-state index in [1.54, 1.807) is 17.5 Å². The van der Waals surface area contributed by atoms with Crippen LogP contribution in [0.5, 0.6) is 0 Å².